The molecule has 1 fully saturated rings. The molecule has 1 aliphatic carbocycles. The van der Waals surface area contributed by atoms with E-state index in [9.17, 15) is 13.6 Å². The van der Waals surface area contributed by atoms with Gasteiger partial charge in [0.15, 0.2) is 5.76 Å². The van der Waals surface area contributed by atoms with Crippen molar-refractivity contribution in [2.24, 2.45) is 21.1 Å². The molecule has 40 heavy (non-hydrogen) atoms. The van der Waals surface area contributed by atoms with Crippen molar-refractivity contribution in [2.45, 2.75) is 44.4 Å². The normalized spacial score (nSPS) is 21.0. The minimum absolute atomic E-state index is 0.0986. The van der Waals surface area contributed by atoms with E-state index in [1.165, 1.54) is 6.20 Å². The highest BCUT2D eigenvalue weighted by molar-refractivity contribution is 6.24. The van der Waals surface area contributed by atoms with Crippen LogP contribution in [0.15, 0.2) is 68.4 Å². The summed E-state index contributed by atoms with van der Waals surface area (Å²) in [6.07, 6.45) is 1.40. The fraction of sp³-hybridized carbons (Fsp3) is 0.357. The van der Waals surface area contributed by atoms with Gasteiger partial charge in [-0.3, -0.25) is 14.8 Å². The summed E-state index contributed by atoms with van der Waals surface area (Å²) in [6, 6.07) is 12.3. The summed E-state index contributed by atoms with van der Waals surface area (Å²) in [4.78, 5) is 21.4. The number of nitrogens with one attached hydrogen (secondary N) is 1. The molecule has 3 aliphatic rings. The number of halogens is 2. The second kappa shape index (κ2) is 10.7. The van der Waals surface area contributed by atoms with Gasteiger partial charge in [-0.1, -0.05) is 23.4 Å². The van der Waals surface area contributed by atoms with Crippen LogP contribution < -0.4 is 5.32 Å². The van der Waals surface area contributed by atoms with Gasteiger partial charge in [-0.15, -0.1) is 0 Å². The lowest BCUT2D eigenvalue weighted by molar-refractivity contribution is -0.0901. The van der Waals surface area contributed by atoms with Gasteiger partial charge in [0.1, 0.15) is 24.6 Å². The largest absolute Gasteiger partial charge is 0.471 e. The third-order valence-corrected chi connectivity index (χ3v) is 7.01. The Morgan fingerprint density at radius 1 is 1.10 bits per heavy atom. The van der Waals surface area contributed by atoms with E-state index in [1.807, 2.05) is 30.3 Å². The highest BCUT2D eigenvalue weighted by atomic mass is 19.3. The molecule has 1 N–H and O–H groups in total. The molecule has 0 bridgehead atoms. The van der Waals surface area contributed by atoms with E-state index in [4.69, 9.17) is 19.0 Å². The summed E-state index contributed by atoms with van der Waals surface area (Å²) in [5, 5.41) is 15.7. The molecule has 12 heteroatoms. The number of amides is 1. The second-order valence-electron chi connectivity index (χ2n) is 9.92. The maximum Gasteiger partial charge on any atom is 0.253 e. The van der Waals surface area contributed by atoms with E-state index in [-0.39, 0.29) is 25.4 Å². The number of hydrogen-bond acceptors (Lipinski definition) is 9. The summed E-state index contributed by atoms with van der Waals surface area (Å²) in [6.45, 7) is 0.921. The van der Waals surface area contributed by atoms with Crippen molar-refractivity contribution < 1.29 is 27.6 Å². The van der Waals surface area contributed by atoms with Crippen LogP contribution in [0.1, 0.15) is 57.9 Å². The molecule has 1 unspecified atom stereocenters. The number of carbonyl (C=O) groups is 1. The number of rotatable bonds is 7. The summed E-state index contributed by atoms with van der Waals surface area (Å²) >= 11 is 0. The van der Waals surface area contributed by atoms with E-state index in [1.54, 1.807) is 19.2 Å². The van der Waals surface area contributed by atoms with Crippen molar-refractivity contribution in [2.75, 3.05) is 13.7 Å². The number of aliphatic imine (C=N–C) groups is 1. The van der Waals surface area contributed by atoms with Crippen LogP contribution in [0, 0.1) is 5.92 Å². The van der Waals surface area contributed by atoms with Crippen LogP contribution in [-0.2, 0) is 22.7 Å². The van der Waals surface area contributed by atoms with Gasteiger partial charge in [0.25, 0.3) is 11.8 Å². The van der Waals surface area contributed by atoms with Gasteiger partial charge in [0.05, 0.1) is 22.9 Å². The maximum absolute atomic E-state index is 13.0. The zero-order valence-corrected chi connectivity index (χ0v) is 21.6. The molecule has 206 valence electrons. The maximum atomic E-state index is 13.0. The average Bonchev–Trinajstić information content (AvgIpc) is 3.56. The predicted molar refractivity (Wildman–Crippen MR) is 141 cm³/mol. The van der Waals surface area contributed by atoms with Crippen LogP contribution in [-0.4, -0.2) is 59.0 Å². The monoisotopic (exact) mass is 548 g/mol. The fourth-order valence-electron chi connectivity index (χ4n) is 4.98. The molecular weight excluding hydrogens is 522 g/mol. The molecule has 6 rings (SSSR count). The number of aromatic nitrogens is 2. The Labute approximate surface area is 228 Å². The van der Waals surface area contributed by atoms with Gasteiger partial charge in [-0.25, -0.2) is 8.78 Å². The molecule has 1 saturated carbocycles. The molecule has 10 nitrogen and oxygen atoms in total. The lowest BCUT2D eigenvalue weighted by atomic mass is 9.86. The molecule has 2 aliphatic heterocycles. The number of pyridine rings is 1. The first-order valence-electron chi connectivity index (χ1n) is 12.9. The number of carbonyl (C=O) groups excluding carboxylic acids is 1. The molecule has 1 atom stereocenters. The van der Waals surface area contributed by atoms with Crippen molar-refractivity contribution in [1.29, 1.82) is 0 Å². The Hall–Kier alpha value is -4.32. The van der Waals surface area contributed by atoms with Crippen molar-refractivity contribution in [3.05, 3.63) is 82.5 Å². The van der Waals surface area contributed by atoms with E-state index in [0.29, 0.717) is 48.2 Å². The lowest BCUT2D eigenvalue weighted by Gasteiger charge is -2.35. The van der Waals surface area contributed by atoms with Crippen LogP contribution in [0.3, 0.4) is 0 Å². The van der Waals surface area contributed by atoms with Crippen LogP contribution in [0.5, 0.6) is 0 Å². The van der Waals surface area contributed by atoms with Crippen molar-refractivity contribution in [3.8, 4) is 0 Å². The Balaban J connectivity index is 1.13. The molecule has 0 spiro atoms. The van der Waals surface area contributed by atoms with Crippen molar-refractivity contribution >= 4 is 23.2 Å². The minimum atomic E-state index is -2.69. The van der Waals surface area contributed by atoms with Crippen LogP contribution in [0.25, 0.3) is 0 Å². The topological polar surface area (TPSA) is 124 Å². The smallest absolute Gasteiger partial charge is 0.253 e. The minimum Gasteiger partial charge on any atom is -0.471 e. The van der Waals surface area contributed by atoms with Gasteiger partial charge in [-0.2, -0.15) is 10.2 Å². The van der Waals surface area contributed by atoms with E-state index in [0.717, 1.165) is 22.6 Å². The molecule has 0 radical (unpaired) electrons. The summed E-state index contributed by atoms with van der Waals surface area (Å²) in [5.41, 5.74) is 4.72. The van der Waals surface area contributed by atoms with Crippen LogP contribution in [0.2, 0.25) is 0 Å². The summed E-state index contributed by atoms with van der Waals surface area (Å²) in [5.74, 6) is -2.14. The fourth-order valence-corrected chi connectivity index (χ4v) is 4.98. The molecule has 1 amide bonds. The Morgan fingerprint density at radius 3 is 2.65 bits per heavy atom. The molecule has 1 aromatic carbocycles. The van der Waals surface area contributed by atoms with Crippen molar-refractivity contribution in [3.63, 3.8) is 0 Å². The predicted octanol–water partition coefficient (Wildman–Crippen LogP) is 3.93. The van der Waals surface area contributed by atoms with Gasteiger partial charge in [0, 0.05) is 55.9 Å². The number of ether oxygens (including phenoxy) is 2. The summed E-state index contributed by atoms with van der Waals surface area (Å²) < 4.78 is 42.7. The van der Waals surface area contributed by atoms with Crippen molar-refractivity contribution in [1.82, 2.24) is 15.5 Å². The first-order chi connectivity index (χ1) is 19.4. The Bertz CT molecular complexity index is 1510. The third kappa shape index (κ3) is 5.26. The second-order valence-corrected chi connectivity index (χ2v) is 9.92. The third-order valence-electron chi connectivity index (χ3n) is 7.01. The number of hydrogen-bond donors (Lipinski definition) is 1. The lowest BCUT2D eigenvalue weighted by Crippen LogP contribution is -2.50. The number of fused-ring (bicyclic) bond motifs is 3. The first kappa shape index (κ1) is 25.9. The van der Waals surface area contributed by atoms with E-state index < -0.39 is 17.9 Å². The zero-order valence-electron chi connectivity index (χ0n) is 21.6. The van der Waals surface area contributed by atoms with E-state index in [2.05, 4.69) is 25.7 Å². The Morgan fingerprint density at radius 2 is 1.90 bits per heavy atom. The highest BCUT2D eigenvalue weighted by Gasteiger charge is 2.46. The summed E-state index contributed by atoms with van der Waals surface area (Å²) in [7, 11) is 1.59. The molecule has 3 aromatic rings. The molecule has 4 heterocycles. The molecule has 0 saturated heterocycles. The van der Waals surface area contributed by atoms with E-state index >= 15 is 0 Å². The average molecular weight is 549 g/mol. The standard InChI is InChI=1S/C28H26F2N6O4/c1-38-15-19-10-23(36-40-19)25-22-8-9-31-27(21-5-3-2-4-20(21)24(22)34-35-25)39-14-17-7-6-16(13-32-17)26(37)33-18-11-28(29,30)12-18/h2-7,10,13,18,22H,8-9,11-12,14-15H2,1H3,(H,33,37)/b31-27+. The molecule has 2 aromatic heterocycles. The SMILES string of the molecule is COCc1cc(C2=NN=C3c4ccccc4/C(OCc4ccc(C(=O)NC5CC(F)(F)C5)cn4)=N\CCC23)no1. The Kier molecular flexibility index (Phi) is 6.93. The molecular formula is C28H26F2N6O4. The van der Waals surface area contributed by atoms with Gasteiger partial charge >= 0.3 is 0 Å². The van der Waals surface area contributed by atoms with Gasteiger partial charge < -0.3 is 19.3 Å². The first-order valence-corrected chi connectivity index (χ1v) is 12.9. The van der Waals surface area contributed by atoms with Gasteiger partial charge in [0.2, 0.25) is 5.90 Å². The highest BCUT2D eigenvalue weighted by Crippen LogP contribution is 2.37. The number of methoxy groups -OCH3 is 1. The van der Waals surface area contributed by atoms with Crippen LogP contribution >= 0.6 is 0 Å². The number of nitrogens with zero attached hydrogens (tertiary/aromatic N) is 5. The quantitative estimate of drug-likeness (QED) is 0.477. The number of alkyl halides is 2. The van der Waals surface area contributed by atoms with Crippen LogP contribution in [0.4, 0.5) is 8.78 Å². The number of benzene rings is 1. The van der Waals surface area contributed by atoms with Gasteiger partial charge in [-0.05, 0) is 24.6 Å². The zero-order chi connectivity index (χ0) is 27.7.